The number of hydrogen-bond donors (Lipinski definition) is 1. The highest BCUT2D eigenvalue weighted by molar-refractivity contribution is 5.98. The minimum atomic E-state index is -0.875. The van der Waals surface area contributed by atoms with E-state index in [9.17, 15) is 9.59 Å². The molecule has 1 aliphatic heterocycles. The second kappa shape index (κ2) is 11.6. The van der Waals surface area contributed by atoms with Gasteiger partial charge in [0.05, 0.1) is 6.61 Å². The second-order valence-electron chi connectivity index (χ2n) is 8.19. The Morgan fingerprint density at radius 3 is 2.20 bits per heavy atom. The number of piperazine rings is 1. The summed E-state index contributed by atoms with van der Waals surface area (Å²) in [5.41, 5.74) is 0.864. The van der Waals surface area contributed by atoms with Crippen molar-refractivity contribution in [2.75, 3.05) is 44.2 Å². The van der Waals surface area contributed by atoms with Crippen LogP contribution in [0, 0.1) is 0 Å². The van der Waals surface area contributed by atoms with E-state index in [1.807, 2.05) is 24.3 Å². The first-order valence-electron chi connectivity index (χ1n) is 11.1. The predicted molar refractivity (Wildman–Crippen MR) is 123 cm³/mol. The number of anilines is 1. The summed E-state index contributed by atoms with van der Waals surface area (Å²) in [6.07, 6.45) is 5.45. The number of hydrogen-bond acceptors (Lipinski definition) is 5. The van der Waals surface area contributed by atoms with E-state index in [4.69, 9.17) is 4.74 Å². The van der Waals surface area contributed by atoms with Crippen LogP contribution in [0.4, 0.5) is 5.69 Å². The maximum absolute atomic E-state index is 12.9. The summed E-state index contributed by atoms with van der Waals surface area (Å²) in [6, 6.07) is 7.76. The summed E-state index contributed by atoms with van der Waals surface area (Å²) in [5, 5.41) is 3.02. The van der Waals surface area contributed by atoms with Crippen molar-refractivity contribution in [1.29, 1.82) is 0 Å². The summed E-state index contributed by atoms with van der Waals surface area (Å²) in [6.45, 7) is 9.70. The maximum Gasteiger partial charge on any atom is 0.331 e. The number of nitrogens with zero attached hydrogens (tertiary/aromatic N) is 2. The summed E-state index contributed by atoms with van der Waals surface area (Å²) in [7, 11) is 0. The highest BCUT2D eigenvalue weighted by Gasteiger charge is 2.42. The largest absolute Gasteiger partial charge is 0.464 e. The molecule has 1 aromatic carbocycles. The summed E-state index contributed by atoms with van der Waals surface area (Å²) >= 11 is 0. The first-order chi connectivity index (χ1) is 14.1. The van der Waals surface area contributed by atoms with Gasteiger partial charge in [-0.2, -0.15) is 0 Å². The van der Waals surface area contributed by atoms with Gasteiger partial charge in [0.25, 0.3) is 5.91 Å². The highest BCUT2D eigenvalue weighted by atomic mass is 35.5. The first kappa shape index (κ1) is 24.5. The van der Waals surface area contributed by atoms with Crippen molar-refractivity contribution in [3.05, 3.63) is 29.8 Å². The van der Waals surface area contributed by atoms with E-state index in [0.717, 1.165) is 57.7 Å². The maximum atomic E-state index is 12.9. The lowest BCUT2D eigenvalue weighted by Gasteiger charge is -2.36. The van der Waals surface area contributed by atoms with Gasteiger partial charge in [-0.15, -0.1) is 12.4 Å². The minimum Gasteiger partial charge on any atom is -0.464 e. The van der Waals surface area contributed by atoms with Crippen LogP contribution in [-0.2, 0) is 9.53 Å². The van der Waals surface area contributed by atoms with Crippen LogP contribution in [0.15, 0.2) is 24.3 Å². The molecule has 1 aromatic rings. The number of halogens is 1. The molecule has 1 heterocycles. The monoisotopic (exact) mass is 437 g/mol. The van der Waals surface area contributed by atoms with Gasteiger partial charge >= 0.3 is 5.97 Å². The number of esters is 1. The molecule has 0 unspecified atom stereocenters. The molecule has 1 N–H and O–H groups in total. The van der Waals surface area contributed by atoms with Gasteiger partial charge in [0.1, 0.15) is 5.54 Å². The lowest BCUT2D eigenvalue weighted by atomic mass is 9.81. The molecule has 2 fully saturated rings. The summed E-state index contributed by atoms with van der Waals surface area (Å²) < 4.78 is 5.28. The van der Waals surface area contributed by atoms with Crippen LogP contribution in [0.2, 0.25) is 0 Å². The van der Waals surface area contributed by atoms with Gasteiger partial charge in [-0.3, -0.25) is 9.69 Å². The van der Waals surface area contributed by atoms with Crippen LogP contribution in [0.5, 0.6) is 0 Å². The topological polar surface area (TPSA) is 61.9 Å². The van der Waals surface area contributed by atoms with Gasteiger partial charge in [0.2, 0.25) is 0 Å². The van der Waals surface area contributed by atoms with Crippen LogP contribution < -0.4 is 10.2 Å². The molecule has 30 heavy (non-hydrogen) atoms. The fourth-order valence-corrected chi connectivity index (χ4v) is 4.46. The average Bonchev–Trinajstić information content (AvgIpc) is 2.75. The number of amides is 1. The van der Waals surface area contributed by atoms with Crippen LogP contribution in [0.25, 0.3) is 0 Å². The zero-order chi connectivity index (χ0) is 20.7. The molecule has 1 aliphatic carbocycles. The molecule has 7 heteroatoms. The fraction of sp³-hybridized carbons (Fsp3) is 0.652. The number of carbonyl (C=O) groups is 2. The van der Waals surface area contributed by atoms with Gasteiger partial charge < -0.3 is 15.0 Å². The number of carbonyl (C=O) groups excluding carboxylic acids is 2. The van der Waals surface area contributed by atoms with E-state index >= 15 is 0 Å². The van der Waals surface area contributed by atoms with E-state index in [2.05, 4.69) is 22.0 Å². The van der Waals surface area contributed by atoms with Crippen molar-refractivity contribution in [3.8, 4) is 0 Å². The summed E-state index contributed by atoms with van der Waals surface area (Å²) in [5.74, 6) is -0.492. The molecule has 1 saturated heterocycles. The van der Waals surface area contributed by atoms with Gasteiger partial charge in [0.15, 0.2) is 0 Å². The Kier molecular flexibility index (Phi) is 9.43. The molecule has 3 rings (SSSR count). The smallest absolute Gasteiger partial charge is 0.331 e. The first-order valence-corrected chi connectivity index (χ1v) is 11.1. The molecule has 0 radical (unpaired) electrons. The molecule has 168 valence electrons. The Bertz CT molecular complexity index is 681. The van der Waals surface area contributed by atoms with Crippen molar-refractivity contribution in [2.45, 2.75) is 57.9 Å². The molecule has 1 amide bonds. The Labute approximate surface area is 186 Å². The molecule has 0 bridgehead atoms. The normalized spacial score (nSPS) is 18.9. The van der Waals surface area contributed by atoms with Crippen molar-refractivity contribution in [3.63, 3.8) is 0 Å². The van der Waals surface area contributed by atoms with Gasteiger partial charge in [-0.25, -0.2) is 4.79 Å². The quantitative estimate of drug-likeness (QED) is 0.660. The standard InChI is InChI=1S/C23H35N3O3.ClH/c1-3-14-25-15-17-26(18-16-25)20-10-8-19(9-11-20)21(27)24-23(22(28)29-4-2)12-6-5-7-13-23;/h8-11H,3-7,12-18H2,1-2H3,(H,24,27);1H. The highest BCUT2D eigenvalue weighted by Crippen LogP contribution is 2.30. The van der Waals surface area contributed by atoms with Crippen molar-refractivity contribution in [2.24, 2.45) is 0 Å². The molecule has 1 saturated carbocycles. The number of benzene rings is 1. The van der Waals surface area contributed by atoms with Crippen molar-refractivity contribution < 1.29 is 14.3 Å². The third-order valence-corrected chi connectivity index (χ3v) is 6.13. The van der Waals surface area contributed by atoms with E-state index < -0.39 is 5.54 Å². The SMILES string of the molecule is CCCN1CCN(c2ccc(C(=O)NC3(C(=O)OCC)CCCCC3)cc2)CC1.Cl. The average molecular weight is 438 g/mol. The van der Waals surface area contributed by atoms with Crippen LogP contribution in [0.1, 0.15) is 62.7 Å². The number of ether oxygens (including phenoxy) is 1. The minimum absolute atomic E-state index is 0. The zero-order valence-corrected chi connectivity index (χ0v) is 19.1. The van der Waals surface area contributed by atoms with E-state index in [1.54, 1.807) is 6.92 Å². The Morgan fingerprint density at radius 1 is 1.00 bits per heavy atom. The van der Waals surface area contributed by atoms with E-state index in [-0.39, 0.29) is 24.3 Å². The van der Waals surface area contributed by atoms with Crippen LogP contribution >= 0.6 is 12.4 Å². The molecule has 2 aliphatic rings. The third kappa shape index (κ3) is 5.88. The predicted octanol–water partition coefficient (Wildman–Crippen LogP) is 3.64. The van der Waals surface area contributed by atoms with E-state index in [1.165, 1.54) is 6.42 Å². The molecule has 0 aromatic heterocycles. The van der Waals surface area contributed by atoms with E-state index in [0.29, 0.717) is 25.0 Å². The van der Waals surface area contributed by atoms with Crippen LogP contribution in [-0.4, -0.2) is 61.6 Å². The third-order valence-electron chi connectivity index (χ3n) is 6.13. The van der Waals surface area contributed by atoms with Crippen molar-refractivity contribution in [1.82, 2.24) is 10.2 Å². The number of rotatable bonds is 7. The van der Waals surface area contributed by atoms with Crippen molar-refractivity contribution >= 4 is 30.0 Å². The lowest BCUT2D eigenvalue weighted by molar-refractivity contribution is -0.152. The van der Waals surface area contributed by atoms with Gasteiger partial charge in [0, 0.05) is 37.4 Å². The molecule has 6 nitrogen and oxygen atoms in total. The van der Waals surface area contributed by atoms with Crippen LogP contribution in [0.3, 0.4) is 0 Å². The molecule has 0 atom stereocenters. The second-order valence-corrected chi connectivity index (χ2v) is 8.19. The fourth-order valence-electron chi connectivity index (χ4n) is 4.46. The molecular weight excluding hydrogens is 402 g/mol. The lowest BCUT2D eigenvalue weighted by Crippen LogP contribution is -2.56. The van der Waals surface area contributed by atoms with Gasteiger partial charge in [-0.05, 0) is 57.0 Å². The zero-order valence-electron chi connectivity index (χ0n) is 18.3. The number of nitrogens with one attached hydrogen (secondary N) is 1. The summed E-state index contributed by atoms with van der Waals surface area (Å²) in [4.78, 5) is 30.3. The molecule has 0 spiro atoms. The Hall–Kier alpha value is -1.79. The Morgan fingerprint density at radius 2 is 1.63 bits per heavy atom. The molecular formula is C23H36ClN3O3. The van der Waals surface area contributed by atoms with Gasteiger partial charge in [-0.1, -0.05) is 26.2 Å². The Balaban J connectivity index is 0.00000320.